The molecule has 1 aliphatic rings. The Balaban J connectivity index is 2.54. The van der Waals surface area contributed by atoms with Gasteiger partial charge in [0.1, 0.15) is 5.78 Å². The Hall–Kier alpha value is -0.370. The first-order valence-corrected chi connectivity index (χ1v) is 6.27. The standard InChI is InChI=1S/C13H25NO/c1-13(2,3)14-10-8-6-4-5-7-9-12(15)11-14/h4-11H2,1-3H3. The molecule has 0 aromatic heterocycles. The van der Waals surface area contributed by atoms with Gasteiger partial charge in [-0.15, -0.1) is 0 Å². The molecule has 1 heterocycles. The normalized spacial score (nSPS) is 22.7. The Labute approximate surface area is 94.0 Å². The lowest BCUT2D eigenvalue weighted by Crippen LogP contribution is -2.45. The minimum absolute atomic E-state index is 0.134. The van der Waals surface area contributed by atoms with Crippen LogP contribution in [-0.4, -0.2) is 29.3 Å². The molecule has 88 valence electrons. The fraction of sp³-hybridized carbons (Fsp3) is 0.923. The number of carbonyl (C=O) groups is 1. The summed E-state index contributed by atoms with van der Waals surface area (Å²) < 4.78 is 0. The molecule has 15 heavy (non-hydrogen) atoms. The van der Waals surface area contributed by atoms with Gasteiger partial charge in [0.25, 0.3) is 0 Å². The molecule has 0 unspecified atom stereocenters. The highest BCUT2D eigenvalue weighted by Crippen LogP contribution is 2.17. The molecule has 0 aromatic rings. The van der Waals surface area contributed by atoms with Crippen molar-refractivity contribution in [2.75, 3.05) is 13.1 Å². The third kappa shape index (κ3) is 4.78. The van der Waals surface area contributed by atoms with Gasteiger partial charge in [0.05, 0.1) is 6.54 Å². The molecule has 0 N–H and O–H groups in total. The summed E-state index contributed by atoms with van der Waals surface area (Å²) in [5, 5.41) is 0. The highest BCUT2D eigenvalue weighted by atomic mass is 16.1. The van der Waals surface area contributed by atoms with Gasteiger partial charge in [0.15, 0.2) is 0 Å². The summed E-state index contributed by atoms with van der Waals surface area (Å²) in [6, 6.07) is 0. The van der Waals surface area contributed by atoms with Gasteiger partial charge >= 0.3 is 0 Å². The zero-order valence-electron chi connectivity index (χ0n) is 10.5. The van der Waals surface area contributed by atoms with Crippen molar-refractivity contribution >= 4 is 5.78 Å². The predicted octanol–water partition coefficient (Wildman–Crippen LogP) is 3.01. The smallest absolute Gasteiger partial charge is 0.146 e. The topological polar surface area (TPSA) is 20.3 Å². The van der Waals surface area contributed by atoms with Gasteiger partial charge in [-0.1, -0.05) is 19.3 Å². The van der Waals surface area contributed by atoms with Crippen LogP contribution in [0.15, 0.2) is 0 Å². The summed E-state index contributed by atoms with van der Waals surface area (Å²) in [5.74, 6) is 0.423. The zero-order valence-corrected chi connectivity index (χ0v) is 10.5. The molecule has 1 rings (SSSR count). The van der Waals surface area contributed by atoms with Crippen LogP contribution in [0.1, 0.15) is 59.3 Å². The van der Waals surface area contributed by atoms with Crippen molar-refractivity contribution in [3.05, 3.63) is 0 Å². The molecule has 0 amide bonds. The first-order chi connectivity index (χ1) is 7.00. The van der Waals surface area contributed by atoms with Crippen LogP contribution in [0.25, 0.3) is 0 Å². The predicted molar refractivity (Wildman–Crippen MR) is 64.0 cm³/mol. The van der Waals surface area contributed by atoms with Crippen LogP contribution in [0, 0.1) is 0 Å². The summed E-state index contributed by atoms with van der Waals surface area (Å²) in [6.45, 7) is 8.34. The minimum Gasteiger partial charge on any atom is -0.298 e. The molecule has 0 atom stereocenters. The van der Waals surface area contributed by atoms with E-state index in [1.54, 1.807) is 0 Å². The molecular formula is C13H25NO. The van der Waals surface area contributed by atoms with Crippen LogP contribution in [0.4, 0.5) is 0 Å². The highest BCUT2D eigenvalue weighted by Gasteiger charge is 2.23. The fourth-order valence-corrected chi connectivity index (χ4v) is 2.10. The van der Waals surface area contributed by atoms with E-state index in [2.05, 4.69) is 25.7 Å². The lowest BCUT2D eigenvalue weighted by atomic mass is 10.0. The molecule has 0 bridgehead atoms. The number of ketones is 1. The number of rotatable bonds is 0. The van der Waals surface area contributed by atoms with Crippen LogP contribution in [-0.2, 0) is 4.79 Å². The van der Waals surface area contributed by atoms with Gasteiger partial charge in [-0.05, 0) is 40.2 Å². The average Bonchev–Trinajstić information content (AvgIpc) is 2.13. The van der Waals surface area contributed by atoms with Crippen molar-refractivity contribution in [3.8, 4) is 0 Å². The second kappa shape index (κ2) is 5.64. The Morgan fingerprint density at radius 1 is 1.00 bits per heavy atom. The first-order valence-electron chi connectivity index (χ1n) is 6.27. The van der Waals surface area contributed by atoms with Crippen molar-refractivity contribution < 1.29 is 4.79 Å². The van der Waals surface area contributed by atoms with E-state index in [0.717, 1.165) is 19.4 Å². The van der Waals surface area contributed by atoms with Gasteiger partial charge < -0.3 is 0 Å². The second-order valence-corrected chi connectivity index (χ2v) is 5.65. The summed E-state index contributed by atoms with van der Waals surface area (Å²) >= 11 is 0. The lowest BCUT2D eigenvalue weighted by molar-refractivity contribution is -0.121. The Bertz CT molecular complexity index is 205. The number of hydrogen-bond donors (Lipinski definition) is 0. The van der Waals surface area contributed by atoms with Gasteiger partial charge in [0.2, 0.25) is 0 Å². The molecule has 2 nitrogen and oxygen atoms in total. The molecule has 0 radical (unpaired) electrons. The average molecular weight is 211 g/mol. The maximum atomic E-state index is 11.7. The first kappa shape index (κ1) is 12.7. The highest BCUT2D eigenvalue weighted by molar-refractivity contribution is 5.80. The van der Waals surface area contributed by atoms with E-state index in [0.29, 0.717) is 12.3 Å². The molecule has 1 fully saturated rings. The number of hydrogen-bond acceptors (Lipinski definition) is 2. The van der Waals surface area contributed by atoms with E-state index < -0.39 is 0 Å². The molecular weight excluding hydrogens is 186 g/mol. The van der Waals surface area contributed by atoms with E-state index >= 15 is 0 Å². The number of nitrogens with zero attached hydrogens (tertiary/aromatic N) is 1. The van der Waals surface area contributed by atoms with E-state index in [4.69, 9.17) is 0 Å². The van der Waals surface area contributed by atoms with Gasteiger partial charge in [-0.25, -0.2) is 0 Å². The number of carbonyl (C=O) groups excluding carboxylic acids is 1. The zero-order chi connectivity index (χ0) is 11.3. The third-order valence-electron chi connectivity index (χ3n) is 3.20. The summed E-state index contributed by atoms with van der Waals surface area (Å²) in [5.41, 5.74) is 0.134. The van der Waals surface area contributed by atoms with E-state index in [-0.39, 0.29) is 5.54 Å². The van der Waals surface area contributed by atoms with Crippen LogP contribution in [0.5, 0.6) is 0 Å². The molecule has 1 saturated heterocycles. The van der Waals surface area contributed by atoms with Crippen molar-refractivity contribution in [2.45, 2.75) is 64.8 Å². The summed E-state index contributed by atoms with van der Waals surface area (Å²) in [4.78, 5) is 14.1. The van der Waals surface area contributed by atoms with Crippen molar-refractivity contribution in [1.29, 1.82) is 0 Å². The summed E-state index contributed by atoms with van der Waals surface area (Å²) in [6.07, 6.45) is 6.97. The maximum absolute atomic E-state index is 11.7. The molecule has 0 aromatic carbocycles. The number of Topliss-reactive ketones (excluding diaryl/α,β-unsaturated/α-hetero) is 1. The fourth-order valence-electron chi connectivity index (χ4n) is 2.10. The van der Waals surface area contributed by atoms with Crippen molar-refractivity contribution in [1.82, 2.24) is 4.90 Å². The van der Waals surface area contributed by atoms with Crippen molar-refractivity contribution in [2.24, 2.45) is 0 Å². The SMILES string of the molecule is CC(C)(C)N1CCCCCCCC(=O)C1. The molecule has 0 spiro atoms. The van der Waals surface area contributed by atoms with Crippen LogP contribution in [0.3, 0.4) is 0 Å². The molecule has 0 aliphatic carbocycles. The minimum atomic E-state index is 0.134. The third-order valence-corrected chi connectivity index (χ3v) is 3.20. The van der Waals surface area contributed by atoms with Crippen LogP contribution in [0.2, 0.25) is 0 Å². The van der Waals surface area contributed by atoms with Crippen molar-refractivity contribution in [3.63, 3.8) is 0 Å². The molecule has 1 aliphatic heterocycles. The van der Waals surface area contributed by atoms with Gasteiger partial charge in [-0.2, -0.15) is 0 Å². The van der Waals surface area contributed by atoms with E-state index in [9.17, 15) is 4.79 Å². The van der Waals surface area contributed by atoms with Gasteiger partial charge in [0, 0.05) is 12.0 Å². The monoisotopic (exact) mass is 211 g/mol. The quantitative estimate of drug-likeness (QED) is 0.614. The molecule has 2 heteroatoms. The lowest BCUT2D eigenvalue weighted by Gasteiger charge is -2.35. The maximum Gasteiger partial charge on any atom is 0.146 e. The van der Waals surface area contributed by atoms with E-state index in [1.807, 2.05) is 0 Å². The van der Waals surface area contributed by atoms with Gasteiger partial charge in [-0.3, -0.25) is 9.69 Å². The van der Waals surface area contributed by atoms with Crippen LogP contribution < -0.4 is 0 Å². The summed E-state index contributed by atoms with van der Waals surface area (Å²) in [7, 11) is 0. The Kier molecular flexibility index (Phi) is 4.78. The Morgan fingerprint density at radius 2 is 1.60 bits per heavy atom. The largest absolute Gasteiger partial charge is 0.298 e. The Morgan fingerprint density at radius 3 is 2.27 bits per heavy atom. The second-order valence-electron chi connectivity index (χ2n) is 5.65. The van der Waals surface area contributed by atoms with Crippen LogP contribution >= 0.6 is 0 Å². The van der Waals surface area contributed by atoms with E-state index in [1.165, 1.54) is 25.7 Å². The molecule has 0 saturated carbocycles.